The molecule has 0 aromatic heterocycles. The lowest BCUT2D eigenvalue weighted by Gasteiger charge is -2.07. The second kappa shape index (κ2) is 2.67. The number of nitrogens with two attached hydrogens (primary N) is 1. The Bertz CT molecular complexity index is 126. The van der Waals surface area contributed by atoms with Gasteiger partial charge in [-0.3, -0.25) is 4.79 Å². The summed E-state index contributed by atoms with van der Waals surface area (Å²) in [6, 6.07) is 0.0231. The average molecular weight is 148 g/mol. The van der Waals surface area contributed by atoms with Crippen molar-refractivity contribution < 1.29 is 4.79 Å². The summed E-state index contributed by atoms with van der Waals surface area (Å²) in [5, 5.41) is -0.264. The van der Waals surface area contributed by atoms with Crippen LogP contribution < -0.4 is 5.73 Å². The Hall–Kier alpha value is -0.0800. The molecule has 0 saturated heterocycles. The predicted molar refractivity (Wildman–Crippen MR) is 36.2 cm³/mol. The van der Waals surface area contributed by atoms with Gasteiger partial charge >= 0.3 is 0 Å². The van der Waals surface area contributed by atoms with Gasteiger partial charge in [-0.15, -0.1) is 0 Å². The second-order valence-corrected chi connectivity index (χ2v) is 2.88. The average Bonchev–Trinajstić information content (AvgIpc) is 2.13. The largest absolute Gasteiger partial charge is 0.327 e. The van der Waals surface area contributed by atoms with Crippen molar-refractivity contribution in [2.24, 2.45) is 11.7 Å². The summed E-state index contributed by atoms with van der Waals surface area (Å²) in [6.45, 7) is 0. The normalized spacial score (nSPS) is 34.9. The van der Waals surface area contributed by atoms with Crippen molar-refractivity contribution in [2.75, 3.05) is 0 Å². The van der Waals surface area contributed by atoms with Crippen LogP contribution in [0.15, 0.2) is 0 Å². The molecule has 2 nitrogen and oxygen atoms in total. The Morgan fingerprint density at radius 2 is 2.22 bits per heavy atom. The fraction of sp³-hybridized carbons (Fsp3) is 0.833. The highest BCUT2D eigenvalue weighted by Gasteiger charge is 2.28. The minimum absolute atomic E-state index is 0.0231. The molecule has 0 radical (unpaired) electrons. The summed E-state index contributed by atoms with van der Waals surface area (Å²) >= 11 is 5.26. The molecule has 3 heteroatoms. The maximum atomic E-state index is 10.5. The van der Waals surface area contributed by atoms with Crippen molar-refractivity contribution >= 4 is 16.8 Å². The van der Waals surface area contributed by atoms with E-state index in [9.17, 15) is 4.79 Å². The fourth-order valence-electron chi connectivity index (χ4n) is 1.27. The number of carbonyl (C=O) groups excluding carboxylic acids is 1. The molecule has 0 unspecified atom stereocenters. The Balaban J connectivity index is 2.49. The summed E-state index contributed by atoms with van der Waals surface area (Å²) < 4.78 is 0. The highest BCUT2D eigenvalue weighted by Crippen LogP contribution is 2.25. The molecule has 1 aliphatic carbocycles. The van der Waals surface area contributed by atoms with Crippen molar-refractivity contribution in [3.05, 3.63) is 0 Å². The van der Waals surface area contributed by atoms with E-state index in [2.05, 4.69) is 0 Å². The van der Waals surface area contributed by atoms with Gasteiger partial charge in [-0.1, -0.05) is 6.42 Å². The Kier molecular flexibility index (Phi) is 2.09. The fourth-order valence-corrected chi connectivity index (χ4v) is 1.54. The van der Waals surface area contributed by atoms with Gasteiger partial charge in [0.05, 0.1) is 0 Å². The maximum absolute atomic E-state index is 10.5. The molecule has 0 heterocycles. The van der Waals surface area contributed by atoms with Crippen molar-refractivity contribution in [3.63, 3.8) is 0 Å². The van der Waals surface area contributed by atoms with Crippen LogP contribution in [0.5, 0.6) is 0 Å². The number of hydrogen-bond acceptors (Lipinski definition) is 2. The van der Waals surface area contributed by atoms with E-state index in [-0.39, 0.29) is 17.2 Å². The number of halogens is 1. The van der Waals surface area contributed by atoms with E-state index in [1.807, 2.05) is 0 Å². The van der Waals surface area contributed by atoms with E-state index in [1.165, 1.54) is 0 Å². The van der Waals surface area contributed by atoms with Crippen molar-refractivity contribution in [1.82, 2.24) is 0 Å². The van der Waals surface area contributed by atoms with Gasteiger partial charge < -0.3 is 5.73 Å². The van der Waals surface area contributed by atoms with Gasteiger partial charge in [0.2, 0.25) is 5.24 Å². The molecule has 0 bridgehead atoms. The molecule has 0 amide bonds. The third kappa shape index (κ3) is 1.43. The van der Waals surface area contributed by atoms with E-state index < -0.39 is 0 Å². The molecule has 52 valence electrons. The molecule has 0 aromatic rings. The SMILES string of the molecule is N[C@H]1CCC[C@H]1C(=O)Cl. The van der Waals surface area contributed by atoms with Gasteiger partial charge in [0.1, 0.15) is 0 Å². The number of hydrogen-bond donors (Lipinski definition) is 1. The Labute approximate surface area is 59.4 Å². The van der Waals surface area contributed by atoms with Crippen LogP contribution in [0.25, 0.3) is 0 Å². The lowest BCUT2D eigenvalue weighted by atomic mass is 10.1. The molecule has 2 atom stereocenters. The summed E-state index contributed by atoms with van der Waals surface area (Å²) in [7, 11) is 0. The van der Waals surface area contributed by atoms with Crippen LogP contribution >= 0.6 is 11.6 Å². The van der Waals surface area contributed by atoms with Gasteiger partial charge in [0, 0.05) is 12.0 Å². The molecule has 1 rings (SSSR count). The highest BCUT2D eigenvalue weighted by molar-refractivity contribution is 6.64. The van der Waals surface area contributed by atoms with E-state index >= 15 is 0 Å². The zero-order valence-electron chi connectivity index (χ0n) is 5.14. The molecule has 9 heavy (non-hydrogen) atoms. The van der Waals surface area contributed by atoms with Gasteiger partial charge in [0.15, 0.2) is 0 Å². The number of carbonyl (C=O) groups is 1. The molecule has 1 saturated carbocycles. The third-order valence-corrected chi connectivity index (χ3v) is 2.14. The van der Waals surface area contributed by atoms with Crippen LogP contribution in [0.3, 0.4) is 0 Å². The van der Waals surface area contributed by atoms with E-state index in [1.54, 1.807) is 0 Å². The van der Waals surface area contributed by atoms with E-state index in [0.29, 0.717) is 0 Å². The van der Waals surface area contributed by atoms with Gasteiger partial charge in [-0.2, -0.15) is 0 Å². The van der Waals surface area contributed by atoms with Crippen LogP contribution in [-0.2, 0) is 4.79 Å². The molecule has 0 spiro atoms. The first-order valence-corrected chi connectivity index (χ1v) is 3.54. The third-order valence-electron chi connectivity index (χ3n) is 1.86. The minimum atomic E-state index is -0.264. The van der Waals surface area contributed by atoms with Crippen LogP contribution in [0.1, 0.15) is 19.3 Å². The lowest BCUT2D eigenvalue weighted by molar-refractivity contribution is -0.115. The molecular weight excluding hydrogens is 138 g/mol. The molecule has 1 fully saturated rings. The standard InChI is InChI=1S/C6H10ClNO/c7-6(9)4-2-1-3-5(4)8/h4-5H,1-3,8H2/t4-,5+/m1/s1. The maximum Gasteiger partial charge on any atom is 0.226 e. The number of rotatable bonds is 1. The topological polar surface area (TPSA) is 43.1 Å². The first-order valence-electron chi connectivity index (χ1n) is 3.16. The van der Waals surface area contributed by atoms with Gasteiger partial charge in [0.25, 0.3) is 0 Å². The monoisotopic (exact) mass is 147 g/mol. The Morgan fingerprint density at radius 1 is 1.56 bits per heavy atom. The van der Waals surface area contributed by atoms with Crippen LogP contribution in [-0.4, -0.2) is 11.3 Å². The van der Waals surface area contributed by atoms with Gasteiger partial charge in [-0.25, -0.2) is 0 Å². The van der Waals surface area contributed by atoms with E-state index in [0.717, 1.165) is 19.3 Å². The first kappa shape index (κ1) is 7.03. The smallest absolute Gasteiger partial charge is 0.226 e. The van der Waals surface area contributed by atoms with E-state index in [4.69, 9.17) is 17.3 Å². The minimum Gasteiger partial charge on any atom is -0.327 e. The first-order chi connectivity index (χ1) is 4.22. The van der Waals surface area contributed by atoms with Crippen molar-refractivity contribution in [3.8, 4) is 0 Å². The lowest BCUT2D eigenvalue weighted by Crippen LogP contribution is -2.28. The van der Waals surface area contributed by atoms with Crippen LogP contribution in [0.2, 0.25) is 0 Å². The Morgan fingerprint density at radius 3 is 2.44 bits per heavy atom. The predicted octanol–water partition coefficient (Wildman–Crippen LogP) is 0.879. The molecule has 0 aliphatic heterocycles. The van der Waals surface area contributed by atoms with Crippen LogP contribution in [0.4, 0.5) is 0 Å². The quantitative estimate of drug-likeness (QED) is 0.560. The van der Waals surface area contributed by atoms with Crippen molar-refractivity contribution in [2.45, 2.75) is 25.3 Å². The molecule has 2 N–H and O–H groups in total. The summed E-state index contributed by atoms with van der Waals surface area (Å²) in [5.41, 5.74) is 5.57. The summed E-state index contributed by atoms with van der Waals surface area (Å²) in [4.78, 5) is 10.5. The zero-order chi connectivity index (χ0) is 6.85. The van der Waals surface area contributed by atoms with Crippen molar-refractivity contribution in [1.29, 1.82) is 0 Å². The summed E-state index contributed by atoms with van der Waals surface area (Å²) in [6.07, 6.45) is 2.87. The van der Waals surface area contributed by atoms with Gasteiger partial charge in [-0.05, 0) is 24.4 Å². The summed E-state index contributed by atoms with van der Waals surface area (Å²) in [5.74, 6) is -0.0633. The highest BCUT2D eigenvalue weighted by atomic mass is 35.5. The zero-order valence-corrected chi connectivity index (χ0v) is 5.90. The molecule has 1 aliphatic rings. The van der Waals surface area contributed by atoms with Crippen LogP contribution in [0, 0.1) is 5.92 Å². The molecular formula is C6H10ClNO. The molecule has 0 aromatic carbocycles. The second-order valence-electron chi connectivity index (χ2n) is 2.51.